The number of nitrogens with two attached hydrogens (primary N) is 1. The summed E-state index contributed by atoms with van der Waals surface area (Å²) >= 11 is 0. The Morgan fingerprint density at radius 2 is 1.62 bits per heavy atom. The molecule has 0 radical (unpaired) electrons. The average molecular weight is 290 g/mol. The molecule has 5 saturated carbocycles. The van der Waals surface area contributed by atoms with Crippen molar-refractivity contribution in [1.82, 2.24) is 5.32 Å². The van der Waals surface area contributed by atoms with E-state index < -0.39 is 0 Å². The zero-order chi connectivity index (χ0) is 14.4. The lowest BCUT2D eigenvalue weighted by atomic mass is 9.49. The van der Waals surface area contributed by atoms with Gasteiger partial charge in [-0.15, -0.1) is 0 Å². The van der Waals surface area contributed by atoms with Crippen molar-refractivity contribution in [2.75, 3.05) is 6.54 Å². The Labute approximate surface area is 128 Å². The van der Waals surface area contributed by atoms with Crippen molar-refractivity contribution >= 4 is 5.91 Å². The minimum atomic E-state index is 0.183. The van der Waals surface area contributed by atoms with Crippen molar-refractivity contribution in [3.63, 3.8) is 0 Å². The summed E-state index contributed by atoms with van der Waals surface area (Å²) in [6.45, 7) is 0.946. The molecule has 3 nitrogen and oxygen atoms in total. The molecule has 2 unspecified atom stereocenters. The van der Waals surface area contributed by atoms with Gasteiger partial charge in [0.25, 0.3) is 0 Å². The average Bonchev–Trinajstić information content (AvgIpc) is 2.43. The molecule has 3 heteroatoms. The maximum Gasteiger partial charge on any atom is 0.223 e. The molecule has 21 heavy (non-hydrogen) atoms. The monoisotopic (exact) mass is 290 g/mol. The summed E-state index contributed by atoms with van der Waals surface area (Å²) in [5, 5.41) is 3.34. The Bertz CT molecular complexity index is 384. The van der Waals surface area contributed by atoms with Gasteiger partial charge in [-0.3, -0.25) is 4.79 Å². The van der Waals surface area contributed by atoms with Crippen LogP contribution in [0.3, 0.4) is 0 Å². The molecule has 5 aliphatic carbocycles. The summed E-state index contributed by atoms with van der Waals surface area (Å²) in [5.41, 5.74) is 6.48. The number of rotatable bonds is 3. The van der Waals surface area contributed by atoms with Gasteiger partial charge in [-0.1, -0.05) is 6.42 Å². The highest BCUT2D eigenvalue weighted by Gasteiger charge is 2.50. The molecule has 2 atom stereocenters. The highest BCUT2D eigenvalue weighted by Crippen LogP contribution is 2.59. The number of nitrogens with one attached hydrogen (secondary N) is 1. The van der Waals surface area contributed by atoms with Gasteiger partial charge in [-0.2, -0.15) is 0 Å². The fourth-order valence-electron chi connectivity index (χ4n) is 6.39. The summed E-state index contributed by atoms with van der Waals surface area (Å²) in [6, 6.07) is 0.244. The van der Waals surface area contributed by atoms with Crippen molar-refractivity contribution in [3.8, 4) is 0 Å². The SMILES string of the molecule is NC1CCCC(C(=O)NCC23CC4CC(CC(C4)C2)C3)C1. The van der Waals surface area contributed by atoms with Gasteiger partial charge in [0.1, 0.15) is 0 Å². The summed E-state index contributed by atoms with van der Waals surface area (Å²) < 4.78 is 0. The van der Waals surface area contributed by atoms with Gasteiger partial charge in [-0.25, -0.2) is 0 Å². The van der Waals surface area contributed by atoms with Gasteiger partial charge in [0.2, 0.25) is 5.91 Å². The lowest BCUT2D eigenvalue weighted by Gasteiger charge is -2.57. The molecule has 5 rings (SSSR count). The van der Waals surface area contributed by atoms with E-state index >= 15 is 0 Å². The number of hydrogen-bond donors (Lipinski definition) is 2. The van der Waals surface area contributed by atoms with Crippen molar-refractivity contribution in [1.29, 1.82) is 0 Å². The summed E-state index contributed by atoms with van der Waals surface area (Å²) in [6.07, 6.45) is 12.7. The third-order valence-corrected chi connectivity index (χ3v) is 6.89. The van der Waals surface area contributed by atoms with Gasteiger partial charge >= 0.3 is 0 Å². The van der Waals surface area contributed by atoms with Crippen LogP contribution in [0.15, 0.2) is 0 Å². The Hall–Kier alpha value is -0.570. The van der Waals surface area contributed by atoms with Gasteiger partial charge < -0.3 is 11.1 Å². The second-order valence-electron chi connectivity index (χ2n) is 8.76. The zero-order valence-corrected chi connectivity index (χ0v) is 13.2. The predicted octanol–water partition coefficient (Wildman–Crippen LogP) is 2.84. The van der Waals surface area contributed by atoms with Crippen LogP contribution in [0, 0.1) is 29.1 Å². The smallest absolute Gasteiger partial charge is 0.223 e. The van der Waals surface area contributed by atoms with Crippen LogP contribution in [0.1, 0.15) is 64.2 Å². The standard InChI is InChI=1S/C18H30N2O/c19-16-3-1-2-15(7-16)17(21)20-11-18-8-12-4-13(9-18)6-14(5-12)10-18/h12-16H,1-11,19H2,(H,20,21). The highest BCUT2D eigenvalue weighted by molar-refractivity contribution is 5.78. The molecule has 0 spiro atoms. The first-order chi connectivity index (χ1) is 10.1. The van der Waals surface area contributed by atoms with E-state index in [1.807, 2.05) is 0 Å². The van der Waals surface area contributed by atoms with Gasteiger partial charge in [0, 0.05) is 18.5 Å². The largest absolute Gasteiger partial charge is 0.355 e. The molecular formula is C18H30N2O. The minimum absolute atomic E-state index is 0.183. The van der Waals surface area contributed by atoms with Gasteiger partial charge in [-0.05, 0) is 81.0 Å². The highest BCUT2D eigenvalue weighted by atomic mass is 16.1. The Kier molecular flexibility index (Phi) is 3.52. The van der Waals surface area contributed by atoms with Crippen LogP contribution in [-0.2, 0) is 4.79 Å². The lowest BCUT2D eigenvalue weighted by Crippen LogP contribution is -2.52. The first-order valence-corrected chi connectivity index (χ1v) is 9.15. The molecule has 0 aromatic rings. The Morgan fingerprint density at radius 3 is 2.19 bits per heavy atom. The van der Waals surface area contributed by atoms with E-state index in [2.05, 4.69) is 5.32 Å². The van der Waals surface area contributed by atoms with Crippen molar-refractivity contribution < 1.29 is 4.79 Å². The van der Waals surface area contributed by atoms with Crippen LogP contribution < -0.4 is 11.1 Å². The zero-order valence-electron chi connectivity index (χ0n) is 13.2. The number of amides is 1. The quantitative estimate of drug-likeness (QED) is 0.840. The first-order valence-electron chi connectivity index (χ1n) is 9.15. The van der Waals surface area contributed by atoms with E-state index in [1.165, 1.54) is 38.5 Å². The van der Waals surface area contributed by atoms with Crippen LogP contribution in [0.25, 0.3) is 0 Å². The second kappa shape index (κ2) is 5.26. The maximum atomic E-state index is 12.5. The Balaban J connectivity index is 1.35. The van der Waals surface area contributed by atoms with E-state index in [0.29, 0.717) is 11.3 Å². The fourth-order valence-corrected chi connectivity index (χ4v) is 6.39. The maximum absolute atomic E-state index is 12.5. The molecule has 0 aromatic heterocycles. The van der Waals surface area contributed by atoms with Crippen molar-refractivity contribution in [2.24, 2.45) is 34.8 Å². The minimum Gasteiger partial charge on any atom is -0.355 e. The van der Waals surface area contributed by atoms with Gasteiger partial charge in [0.15, 0.2) is 0 Å². The molecule has 5 fully saturated rings. The van der Waals surface area contributed by atoms with E-state index in [4.69, 9.17) is 5.73 Å². The van der Waals surface area contributed by atoms with E-state index in [-0.39, 0.29) is 12.0 Å². The van der Waals surface area contributed by atoms with E-state index in [0.717, 1.165) is 50.0 Å². The number of hydrogen-bond acceptors (Lipinski definition) is 2. The second-order valence-corrected chi connectivity index (χ2v) is 8.76. The summed E-state index contributed by atoms with van der Waals surface area (Å²) in [4.78, 5) is 12.5. The molecule has 0 heterocycles. The third-order valence-electron chi connectivity index (χ3n) is 6.89. The van der Waals surface area contributed by atoms with Crippen LogP contribution in [0.4, 0.5) is 0 Å². The van der Waals surface area contributed by atoms with Crippen LogP contribution in [0.2, 0.25) is 0 Å². The normalized spacial score (nSPS) is 48.3. The van der Waals surface area contributed by atoms with Crippen LogP contribution >= 0.6 is 0 Å². The van der Waals surface area contributed by atoms with Gasteiger partial charge in [0.05, 0.1) is 0 Å². The Morgan fingerprint density at radius 1 is 1.00 bits per heavy atom. The first kappa shape index (κ1) is 14.0. The molecular weight excluding hydrogens is 260 g/mol. The van der Waals surface area contributed by atoms with Crippen LogP contribution in [0.5, 0.6) is 0 Å². The molecule has 0 saturated heterocycles. The molecule has 0 aromatic carbocycles. The lowest BCUT2D eigenvalue weighted by molar-refractivity contribution is -0.128. The summed E-state index contributed by atoms with van der Waals surface area (Å²) in [7, 11) is 0. The molecule has 0 aliphatic heterocycles. The molecule has 118 valence electrons. The fraction of sp³-hybridized carbons (Fsp3) is 0.944. The van der Waals surface area contributed by atoms with E-state index in [1.54, 1.807) is 0 Å². The number of carbonyl (C=O) groups is 1. The summed E-state index contributed by atoms with van der Waals surface area (Å²) in [5.74, 6) is 3.38. The topological polar surface area (TPSA) is 55.1 Å². The van der Waals surface area contributed by atoms with Crippen molar-refractivity contribution in [3.05, 3.63) is 0 Å². The van der Waals surface area contributed by atoms with E-state index in [9.17, 15) is 4.79 Å². The third kappa shape index (κ3) is 2.74. The van der Waals surface area contributed by atoms with Crippen molar-refractivity contribution in [2.45, 2.75) is 70.3 Å². The predicted molar refractivity (Wildman–Crippen MR) is 83.5 cm³/mol. The molecule has 4 bridgehead atoms. The van der Waals surface area contributed by atoms with Crippen LogP contribution in [-0.4, -0.2) is 18.5 Å². The number of carbonyl (C=O) groups excluding carboxylic acids is 1. The molecule has 5 aliphatic rings. The molecule has 3 N–H and O–H groups in total. The molecule has 1 amide bonds.